The van der Waals surface area contributed by atoms with Crippen molar-refractivity contribution in [3.8, 4) is 5.75 Å². The zero-order valence-corrected chi connectivity index (χ0v) is 12.8. The van der Waals surface area contributed by atoms with Gasteiger partial charge in [-0.3, -0.25) is 0 Å². The average molecular weight is 318 g/mol. The lowest BCUT2D eigenvalue weighted by molar-refractivity contribution is 0.0599. The molecule has 0 aliphatic carbocycles. The van der Waals surface area contributed by atoms with Gasteiger partial charge in [-0.2, -0.15) is 0 Å². The van der Waals surface area contributed by atoms with Crippen LogP contribution in [0, 0.1) is 0 Å². The summed E-state index contributed by atoms with van der Waals surface area (Å²) in [7, 11) is 2.81. The Labute approximate surface area is 131 Å². The van der Waals surface area contributed by atoms with E-state index in [1.807, 2.05) is 0 Å². The van der Waals surface area contributed by atoms with Crippen LogP contribution in [0.25, 0.3) is 0 Å². The predicted molar refractivity (Wildman–Crippen MR) is 81.9 cm³/mol. The molecule has 1 N–H and O–H groups in total. The molecule has 5 nitrogen and oxygen atoms in total. The van der Waals surface area contributed by atoms with Gasteiger partial charge in [-0.15, -0.1) is 0 Å². The summed E-state index contributed by atoms with van der Waals surface area (Å²) >= 11 is 1.30. The summed E-state index contributed by atoms with van der Waals surface area (Å²) in [5.41, 5.74) is 0.612. The number of esters is 1. The molecule has 0 fully saturated rings. The van der Waals surface area contributed by atoms with Gasteiger partial charge in [-0.05, 0) is 42.5 Å². The minimum Gasteiger partial charge on any atom is -0.497 e. The summed E-state index contributed by atoms with van der Waals surface area (Å²) in [4.78, 5) is 24.1. The van der Waals surface area contributed by atoms with E-state index in [1.54, 1.807) is 36.4 Å². The fourth-order valence-corrected chi connectivity index (χ4v) is 2.71. The van der Waals surface area contributed by atoms with Crippen LogP contribution in [0.1, 0.15) is 20.7 Å². The number of benzene rings is 2. The molecule has 114 valence electrons. The minimum absolute atomic E-state index is 0.168. The van der Waals surface area contributed by atoms with Crippen molar-refractivity contribution < 1.29 is 24.2 Å². The third-order valence-corrected chi connectivity index (χ3v) is 4.00. The molecule has 2 rings (SSSR count). The first-order valence-corrected chi connectivity index (χ1v) is 7.14. The lowest BCUT2D eigenvalue weighted by Gasteiger charge is -2.08. The van der Waals surface area contributed by atoms with Crippen LogP contribution < -0.4 is 4.74 Å². The summed E-state index contributed by atoms with van der Waals surface area (Å²) in [6, 6.07) is 11.6. The van der Waals surface area contributed by atoms with E-state index in [0.717, 1.165) is 4.90 Å². The van der Waals surface area contributed by atoms with Crippen LogP contribution in [0.5, 0.6) is 5.75 Å². The number of carboxylic acid groups (broad SMARTS) is 1. The van der Waals surface area contributed by atoms with Crippen LogP contribution in [-0.2, 0) is 4.74 Å². The molecule has 0 unspecified atom stereocenters. The van der Waals surface area contributed by atoms with E-state index < -0.39 is 11.9 Å². The van der Waals surface area contributed by atoms with Crippen LogP contribution in [0.4, 0.5) is 0 Å². The van der Waals surface area contributed by atoms with Gasteiger partial charge in [-0.25, -0.2) is 9.59 Å². The maximum atomic E-state index is 11.4. The molecule has 2 aromatic carbocycles. The first-order valence-electron chi connectivity index (χ1n) is 6.32. The fraction of sp³-hybridized carbons (Fsp3) is 0.125. The van der Waals surface area contributed by atoms with Gasteiger partial charge in [0.05, 0.1) is 25.3 Å². The summed E-state index contributed by atoms with van der Waals surface area (Å²) in [6.45, 7) is 0. The third-order valence-electron chi connectivity index (χ3n) is 2.92. The smallest absolute Gasteiger partial charge is 0.337 e. The standard InChI is InChI=1S/C16H14O5S/c1-20-11-5-8-14(13(9-11)15(17)18)22-12-6-3-10(4-7-12)16(19)21-2/h3-9H,1-2H3,(H,17,18). The summed E-state index contributed by atoms with van der Waals surface area (Å²) < 4.78 is 9.67. The highest BCUT2D eigenvalue weighted by molar-refractivity contribution is 7.99. The molecule has 0 radical (unpaired) electrons. The Hall–Kier alpha value is -2.47. The average Bonchev–Trinajstić information content (AvgIpc) is 2.55. The van der Waals surface area contributed by atoms with Crippen molar-refractivity contribution in [1.82, 2.24) is 0 Å². The second kappa shape index (κ2) is 7.00. The number of rotatable bonds is 5. The Morgan fingerprint density at radius 2 is 1.73 bits per heavy atom. The maximum Gasteiger partial charge on any atom is 0.337 e. The Kier molecular flexibility index (Phi) is 5.06. The summed E-state index contributed by atoms with van der Waals surface area (Å²) in [6.07, 6.45) is 0. The molecule has 0 aromatic heterocycles. The van der Waals surface area contributed by atoms with Crippen molar-refractivity contribution in [2.45, 2.75) is 9.79 Å². The highest BCUT2D eigenvalue weighted by atomic mass is 32.2. The van der Waals surface area contributed by atoms with Gasteiger partial charge < -0.3 is 14.6 Å². The fourth-order valence-electron chi connectivity index (χ4n) is 1.80. The Morgan fingerprint density at radius 1 is 1.05 bits per heavy atom. The van der Waals surface area contributed by atoms with E-state index in [9.17, 15) is 14.7 Å². The normalized spacial score (nSPS) is 10.1. The van der Waals surface area contributed by atoms with Gasteiger partial charge in [-0.1, -0.05) is 11.8 Å². The molecule has 0 spiro atoms. The molecule has 0 saturated carbocycles. The van der Waals surface area contributed by atoms with E-state index in [-0.39, 0.29) is 5.56 Å². The van der Waals surface area contributed by atoms with Gasteiger partial charge in [0.15, 0.2) is 0 Å². The summed E-state index contributed by atoms with van der Waals surface area (Å²) in [5, 5.41) is 9.28. The SMILES string of the molecule is COC(=O)c1ccc(Sc2ccc(OC)cc2C(=O)O)cc1. The lowest BCUT2D eigenvalue weighted by atomic mass is 10.2. The van der Waals surface area contributed by atoms with Crippen molar-refractivity contribution in [3.63, 3.8) is 0 Å². The number of ether oxygens (including phenoxy) is 2. The number of hydrogen-bond donors (Lipinski definition) is 1. The molecule has 0 aliphatic heterocycles. The molecule has 2 aromatic rings. The zero-order chi connectivity index (χ0) is 16.1. The second-order valence-electron chi connectivity index (χ2n) is 4.29. The third kappa shape index (κ3) is 3.59. The predicted octanol–water partition coefficient (Wildman–Crippen LogP) is 3.33. The molecule has 0 aliphatic rings. The monoisotopic (exact) mass is 318 g/mol. The number of aromatic carboxylic acids is 1. The number of carboxylic acids is 1. The number of methoxy groups -OCH3 is 2. The van der Waals surface area contributed by atoms with Crippen molar-refractivity contribution in [1.29, 1.82) is 0 Å². The highest BCUT2D eigenvalue weighted by Gasteiger charge is 2.13. The number of hydrogen-bond acceptors (Lipinski definition) is 5. The van der Waals surface area contributed by atoms with E-state index in [2.05, 4.69) is 4.74 Å². The Balaban J connectivity index is 2.27. The van der Waals surface area contributed by atoms with Gasteiger partial charge >= 0.3 is 11.9 Å². The zero-order valence-electron chi connectivity index (χ0n) is 12.0. The number of carbonyl (C=O) groups is 2. The second-order valence-corrected chi connectivity index (χ2v) is 5.40. The van der Waals surface area contributed by atoms with E-state index in [4.69, 9.17) is 4.74 Å². The molecule has 0 atom stereocenters. The van der Waals surface area contributed by atoms with Crippen LogP contribution in [0.3, 0.4) is 0 Å². The van der Waals surface area contributed by atoms with Crippen molar-refractivity contribution >= 4 is 23.7 Å². The van der Waals surface area contributed by atoms with Gasteiger partial charge in [0.1, 0.15) is 5.75 Å². The molecule has 6 heteroatoms. The first-order chi connectivity index (χ1) is 10.5. The Bertz CT molecular complexity index is 694. The van der Waals surface area contributed by atoms with Crippen LogP contribution >= 0.6 is 11.8 Å². The number of carbonyl (C=O) groups excluding carboxylic acids is 1. The van der Waals surface area contributed by atoms with E-state index in [0.29, 0.717) is 16.2 Å². The minimum atomic E-state index is -1.02. The lowest BCUT2D eigenvalue weighted by Crippen LogP contribution is -2.01. The Morgan fingerprint density at radius 3 is 2.27 bits per heavy atom. The van der Waals surface area contributed by atoms with Crippen LogP contribution in [-0.4, -0.2) is 31.3 Å². The topological polar surface area (TPSA) is 72.8 Å². The summed E-state index contributed by atoms with van der Waals surface area (Å²) in [5.74, 6) is -0.942. The van der Waals surface area contributed by atoms with Crippen molar-refractivity contribution in [3.05, 3.63) is 53.6 Å². The molecule has 0 amide bonds. The first kappa shape index (κ1) is 15.9. The van der Waals surface area contributed by atoms with E-state index in [1.165, 1.54) is 32.0 Å². The molecular weight excluding hydrogens is 304 g/mol. The quantitative estimate of drug-likeness (QED) is 0.853. The molecule has 0 saturated heterocycles. The molecule has 0 bridgehead atoms. The van der Waals surface area contributed by atoms with Crippen molar-refractivity contribution in [2.24, 2.45) is 0 Å². The highest BCUT2D eigenvalue weighted by Crippen LogP contribution is 2.32. The van der Waals surface area contributed by atoms with Crippen molar-refractivity contribution in [2.75, 3.05) is 14.2 Å². The van der Waals surface area contributed by atoms with Gasteiger partial charge in [0, 0.05) is 9.79 Å². The van der Waals surface area contributed by atoms with Gasteiger partial charge in [0.25, 0.3) is 0 Å². The van der Waals surface area contributed by atoms with Crippen LogP contribution in [0.2, 0.25) is 0 Å². The largest absolute Gasteiger partial charge is 0.497 e. The van der Waals surface area contributed by atoms with E-state index >= 15 is 0 Å². The molecular formula is C16H14O5S. The van der Waals surface area contributed by atoms with Crippen LogP contribution in [0.15, 0.2) is 52.3 Å². The molecule has 22 heavy (non-hydrogen) atoms. The maximum absolute atomic E-state index is 11.4. The molecule has 0 heterocycles. The van der Waals surface area contributed by atoms with Gasteiger partial charge in [0.2, 0.25) is 0 Å².